The van der Waals surface area contributed by atoms with Crippen LogP contribution in [0.2, 0.25) is 0 Å². The van der Waals surface area contributed by atoms with Gasteiger partial charge >= 0.3 is 0 Å². The Bertz CT molecular complexity index is 793. The summed E-state index contributed by atoms with van der Waals surface area (Å²) in [4.78, 5) is 39.3. The van der Waals surface area contributed by atoms with Crippen molar-refractivity contribution in [3.8, 4) is 0 Å². The second kappa shape index (κ2) is 9.35. The molecule has 1 unspecified atom stereocenters. The number of carbonyl (C=O) groups is 3. The van der Waals surface area contributed by atoms with Gasteiger partial charge in [0.05, 0.1) is 5.41 Å². The molecule has 4 N–H and O–H groups in total. The molecule has 6 heteroatoms. The van der Waals surface area contributed by atoms with E-state index in [1.807, 2.05) is 44.2 Å². The fourth-order valence-corrected chi connectivity index (χ4v) is 3.63. The van der Waals surface area contributed by atoms with Gasteiger partial charge in [-0.1, -0.05) is 50.3 Å². The molecule has 0 fully saturated rings. The van der Waals surface area contributed by atoms with Crippen LogP contribution in [0.3, 0.4) is 0 Å². The van der Waals surface area contributed by atoms with Crippen LogP contribution in [0.1, 0.15) is 38.7 Å². The Morgan fingerprint density at radius 3 is 2.14 bits per heavy atom. The van der Waals surface area contributed by atoms with Crippen LogP contribution in [-0.4, -0.2) is 35.7 Å². The highest BCUT2D eigenvalue weighted by molar-refractivity contribution is 6.03. The van der Waals surface area contributed by atoms with Gasteiger partial charge in [-0.3, -0.25) is 14.4 Å². The molecule has 1 aliphatic rings. The van der Waals surface area contributed by atoms with Gasteiger partial charge in [0.25, 0.3) is 0 Å². The van der Waals surface area contributed by atoms with Crippen LogP contribution in [0, 0.1) is 5.41 Å². The van der Waals surface area contributed by atoms with Gasteiger partial charge in [0.1, 0.15) is 0 Å². The van der Waals surface area contributed by atoms with Crippen molar-refractivity contribution in [2.24, 2.45) is 16.9 Å². The van der Waals surface area contributed by atoms with E-state index in [0.29, 0.717) is 25.1 Å². The Hall–Kier alpha value is -2.89. The van der Waals surface area contributed by atoms with E-state index in [4.69, 9.17) is 11.5 Å². The number of amides is 3. The van der Waals surface area contributed by atoms with Gasteiger partial charge in [0, 0.05) is 24.2 Å². The summed E-state index contributed by atoms with van der Waals surface area (Å²) < 4.78 is 0. The Balaban J connectivity index is 2.46. The summed E-state index contributed by atoms with van der Waals surface area (Å²) in [5.41, 5.74) is 11.6. The summed E-state index contributed by atoms with van der Waals surface area (Å²) in [6.45, 7) is 5.23. The van der Waals surface area contributed by atoms with Gasteiger partial charge < -0.3 is 16.4 Å². The first kappa shape index (κ1) is 21.4. The Morgan fingerprint density at radius 2 is 1.64 bits per heavy atom. The standard InChI is InChI=1S/C22H29N3O3/c1-3-10-25(11-4-2)20(27)18-12-17(19(23)26)14-22(15-18,21(24)28)13-16-8-6-5-7-9-16/h5-9,12,14H,3-4,10-11,13,15H2,1-2H3,(H2,23,26)(H2,24,28). The van der Waals surface area contributed by atoms with Gasteiger partial charge in [0.15, 0.2) is 0 Å². The molecule has 1 aromatic rings. The summed E-state index contributed by atoms with van der Waals surface area (Å²) >= 11 is 0. The van der Waals surface area contributed by atoms with E-state index >= 15 is 0 Å². The number of carbonyl (C=O) groups excluding carboxylic acids is 3. The van der Waals surface area contributed by atoms with Crippen molar-refractivity contribution in [3.05, 3.63) is 59.2 Å². The zero-order valence-electron chi connectivity index (χ0n) is 16.6. The third kappa shape index (κ3) is 4.88. The minimum atomic E-state index is -1.17. The summed E-state index contributed by atoms with van der Waals surface area (Å²) in [5.74, 6) is -1.43. The molecule has 6 nitrogen and oxygen atoms in total. The smallest absolute Gasteiger partial charge is 0.249 e. The molecule has 0 aromatic heterocycles. The molecule has 1 aromatic carbocycles. The third-order valence-electron chi connectivity index (χ3n) is 4.95. The van der Waals surface area contributed by atoms with Crippen molar-refractivity contribution in [1.29, 1.82) is 0 Å². The monoisotopic (exact) mass is 383 g/mol. The lowest BCUT2D eigenvalue weighted by atomic mass is 9.71. The maximum absolute atomic E-state index is 13.1. The van der Waals surface area contributed by atoms with Crippen LogP contribution in [0.4, 0.5) is 0 Å². The van der Waals surface area contributed by atoms with Gasteiger partial charge in [-0.2, -0.15) is 0 Å². The first-order chi connectivity index (χ1) is 13.3. The molecule has 0 radical (unpaired) electrons. The molecule has 0 heterocycles. The minimum absolute atomic E-state index is 0.150. The molecule has 0 spiro atoms. The van der Waals surface area contributed by atoms with Crippen molar-refractivity contribution in [1.82, 2.24) is 4.90 Å². The summed E-state index contributed by atoms with van der Waals surface area (Å²) in [6.07, 6.45) is 5.13. The number of nitrogens with zero attached hydrogens (tertiary/aromatic N) is 1. The number of nitrogens with two attached hydrogens (primary N) is 2. The average molecular weight is 383 g/mol. The number of hydrogen-bond donors (Lipinski definition) is 2. The van der Waals surface area contributed by atoms with Crippen molar-refractivity contribution < 1.29 is 14.4 Å². The Morgan fingerprint density at radius 1 is 1.04 bits per heavy atom. The Labute approximate surface area is 166 Å². The second-order valence-electron chi connectivity index (χ2n) is 7.29. The first-order valence-corrected chi connectivity index (χ1v) is 9.69. The molecule has 0 saturated carbocycles. The van der Waals surface area contributed by atoms with Crippen LogP contribution in [-0.2, 0) is 20.8 Å². The van der Waals surface area contributed by atoms with Crippen molar-refractivity contribution >= 4 is 17.7 Å². The van der Waals surface area contributed by atoms with Crippen molar-refractivity contribution in [2.45, 2.75) is 39.5 Å². The van der Waals surface area contributed by atoms with Crippen LogP contribution >= 0.6 is 0 Å². The predicted octanol–water partition coefficient (Wildman–Crippen LogP) is 2.09. The van der Waals surface area contributed by atoms with Crippen molar-refractivity contribution in [2.75, 3.05) is 13.1 Å². The molecule has 0 aliphatic heterocycles. The van der Waals surface area contributed by atoms with Crippen molar-refractivity contribution in [3.63, 3.8) is 0 Å². The highest BCUT2D eigenvalue weighted by Crippen LogP contribution is 2.38. The zero-order chi connectivity index (χ0) is 20.7. The molecular formula is C22H29N3O3. The van der Waals surface area contributed by atoms with Gasteiger partial charge in [-0.15, -0.1) is 0 Å². The molecule has 150 valence electrons. The van der Waals surface area contributed by atoms with E-state index in [9.17, 15) is 14.4 Å². The molecule has 1 aliphatic carbocycles. The van der Waals surface area contributed by atoms with Gasteiger partial charge in [-0.05, 0) is 37.3 Å². The predicted molar refractivity (Wildman–Crippen MR) is 109 cm³/mol. The lowest BCUT2D eigenvalue weighted by Gasteiger charge is -2.33. The maximum Gasteiger partial charge on any atom is 0.249 e. The average Bonchev–Trinajstić information content (AvgIpc) is 2.67. The molecule has 28 heavy (non-hydrogen) atoms. The topological polar surface area (TPSA) is 106 Å². The number of benzene rings is 1. The molecule has 1 atom stereocenters. The number of primary amides is 2. The lowest BCUT2D eigenvalue weighted by Crippen LogP contribution is -2.43. The van der Waals surface area contributed by atoms with E-state index in [1.54, 1.807) is 4.90 Å². The lowest BCUT2D eigenvalue weighted by molar-refractivity contribution is -0.128. The van der Waals surface area contributed by atoms with Crippen LogP contribution in [0.15, 0.2) is 53.6 Å². The van der Waals surface area contributed by atoms with E-state index in [2.05, 4.69) is 0 Å². The quantitative estimate of drug-likeness (QED) is 0.682. The Kier molecular flexibility index (Phi) is 7.15. The molecular weight excluding hydrogens is 354 g/mol. The summed E-state index contributed by atoms with van der Waals surface area (Å²) in [6, 6.07) is 9.41. The molecule has 3 amide bonds. The number of rotatable bonds is 9. The van der Waals surface area contributed by atoms with E-state index < -0.39 is 17.2 Å². The largest absolute Gasteiger partial charge is 0.369 e. The normalized spacial score (nSPS) is 18.8. The van der Waals surface area contributed by atoms with Gasteiger partial charge in [-0.25, -0.2) is 0 Å². The summed E-state index contributed by atoms with van der Waals surface area (Å²) in [7, 11) is 0. The molecule has 2 rings (SSSR count). The molecule has 0 saturated heterocycles. The van der Waals surface area contributed by atoms with Crippen LogP contribution in [0.5, 0.6) is 0 Å². The highest BCUT2D eigenvalue weighted by Gasteiger charge is 2.41. The fourth-order valence-electron chi connectivity index (χ4n) is 3.63. The van der Waals surface area contributed by atoms with Crippen LogP contribution in [0.25, 0.3) is 0 Å². The second-order valence-corrected chi connectivity index (χ2v) is 7.29. The van der Waals surface area contributed by atoms with Crippen LogP contribution < -0.4 is 11.5 Å². The fraction of sp³-hybridized carbons (Fsp3) is 0.409. The third-order valence-corrected chi connectivity index (χ3v) is 4.95. The van der Waals surface area contributed by atoms with E-state index in [0.717, 1.165) is 18.4 Å². The number of hydrogen-bond acceptors (Lipinski definition) is 3. The summed E-state index contributed by atoms with van der Waals surface area (Å²) in [5, 5.41) is 0. The zero-order valence-corrected chi connectivity index (χ0v) is 16.6. The van der Waals surface area contributed by atoms with E-state index in [1.165, 1.54) is 12.2 Å². The SMILES string of the molecule is CCCN(CCC)C(=O)C1=CC(C(N)=O)=CC(Cc2ccccc2)(C(N)=O)C1. The first-order valence-electron chi connectivity index (χ1n) is 9.69. The minimum Gasteiger partial charge on any atom is -0.369 e. The maximum atomic E-state index is 13.1. The van der Waals surface area contributed by atoms with E-state index in [-0.39, 0.29) is 17.9 Å². The molecule has 0 bridgehead atoms. The van der Waals surface area contributed by atoms with Gasteiger partial charge in [0.2, 0.25) is 17.7 Å². The highest BCUT2D eigenvalue weighted by atomic mass is 16.2.